The Hall–Kier alpha value is -2.88. The number of hydrogen-bond acceptors (Lipinski definition) is 3. The SMILES string of the molecule is Cc1ccc2nc(C)c(C(=O)NCc3ccccc3N3CCCC3)cc2c1. The van der Waals surface area contributed by atoms with Gasteiger partial charge in [0.1, 0.15) is 0 Å². The van der Waals surface area contributed by atoms with E-state index in [1.807, 2.05) is 38.1 Å². The van der Waals surface area contributed by atoms with Gasteiger partial charge in [-0.2, -0.15) is 0 Å². The van der Waals surface area contributed by atoms with Gasteiger partial charge in [0.05, 0.1) is 16.8 Å². The summed E-state index contributed by atoms with van der Waals surface area (Å²) >= 11 is 0. The van der Waals surface area contributed by atoms with Gasteiger partial charge in [-0.3, -0.25) is 9.78 Å². The van der Waals surface area contributed by atoms with Crippen LogP contribution in [0.5, 0.6) is 0 Å². The largest absolute Gasteiger partial charge is 0.371 e. The van der Waals surface area contributed by atoms with Crippen molar-refractivity contribution in [2.75, 3.05) is 18.0 Å². The van der Waals surface area contributed by atoms with Crippen molar-refractivity contribution in [2.24, 2.45) is 0 Å². The summed E-state index contributed by atoms with van der Waals surface area (Å²) in [4.78, 5) is 19.8. The second-order valence-electron chi connectivity index (χ2n) is 7.32. The number of nitrogens with zero attached hydrogens (tertiary/aromatic N) is 2. The molecule has 0 atom stereocenters. The number of carbonyl (C=O) groups is 1. The zero-order valence-electron chi connectivity index (χ0n) is 16.0. The minimum absolute atomic E-state index is 0.0698. The molecular formula is C23H25N3O. The van der Waals surface area contributed by atoms with Crippen molar-refractivity contribution < 1.29 is 4.79 Å². The number of hydrogen-bond donors (Lipinski definition) is 1. The van der Waals surface area contributed by atoms with E-state index >= 15 is 0 Å². The van der Waals surface area contributed by atoms with E-state index in [0.717, 1.165) is 35.2 Å². The van der Waals surface area contributed by atoms with Gasteiger partial charge < -0.3 is 10.2 Å². The second-order valence-corrected chi connectivity index (χ2v) is 7.32. The molecule has 0 radical (unpaired) electrons. The van der Waals surface area contributed by atoms with Gasteiger partial charge in [0, 0.05) is 30.7 Å². The molecule has 0 saturated carbocycles. The Labute approximate surface area is 160 Å². The summed E-state index contributed by atoms with van der Waals surface area (Å²) in [6.45, 7) is 6.66. The molecular weight excluding hydrogens is 334 g/mol. The molecule has 2 aromatic carbocycles. The minimum Gasteiger partial charge on any atom is -0.371 e. The summed E-state index contributed by atoms with van der Waals surface area (Å²) in [5.41, 5.74) is 5.89. The predicted molar refractivity (Wildman–Crippen MR) is 110 cm³/mol. The van der Waals surface area contributed by atoms with Crippen molar-refractivity contribution in [3.05, 3.63) is 70.9 Å². The molecule has 4 rings (SSSR count). The fraction of sp³-hybridized carbons (Fsp3) is 0.304. The van der Waals surface area contributed by atoms with Crippen LogP contribution in [0.3, 0.4) is 0 Å². The summed E-state index contributed by atoms with van der Waals surface area (Å²) in [5.74, 6) is -0.0698. The average molecular weight is 359 g/mol. The molecule has 138 valence electrons. The van der Waals surface area contributed by atoms with Crippen LogP contribution >= 0.6 is 0 Å². The number of aromatic nitrogens is 1. The number of aryl methyl sites for hydroxylation is 2. The van der Waals surface area contributed by atoms with Gasteiger partial charge >= 0.3 is 0 Å². The van der Waals surface area contributed by atoms with Crippen molar-refractivity contribution in [3.63, 3.8) is 0 Å². The zero-order chi connectivity index (χ0) is 18.8. The number of fused-ring (bicyclic) bond motifs is 1. The molecule has 1 saturated heterocycles. The van der Waals surface area contributed by atoms with E-state index in [-0.39, 0.29) is 5.91 Å². The number of benzene rings is 2. The van der Waals surface area contributed by atoms with Crippen molar-refractivity contribution >= 4 is 22.5 Å². The van der Waals surface area contributed by atoms with Gasteiger partial charge in [-0.05, 0) is 56.5 Å². The van der Waals surface area contributed by atoms with Crippen LogP contribution in [0.2, 0.25) is 0 Å². The smallest absolute Gasteiger partial charge is 0.253 e. The van der Waals surface area contributed by atoms with E-state index < -0.39 is 0 Å². The highest BCUT2D eigenvalue weighted by atomic mass is 16.1. The summed E-state index contributed by atoms with van der Waals surface area (Å²) in [5, 5.41) is 4.10. The van der Waals surface area contributed by atoms with E-state index in [9.17, 15) is 4.79 Å². The maximum atomic E-state index is 12.8. The highest BCUT2D eigenvalue weighted by Gasteiger charge is 2.17. The fourth-order valence-electron chi connectivity index (χ4n) is 3.82. The summed E-state index contributed by atoms with van der Waals surface area (Å²) in [6.07, 6.45) is 2.48. The van der Waals surface area contributed by atoms with Crippen LogP contribution in [0, 0.1) is 13.8 Å². The standard InChI is InChI=1S/C23H25N3O/c1-16-9-10-21-19(13-16)14-20(17(2)25-21)23(27)24-15-18-7-3-4-8-22(18)26-11-5-6-12-26/h3-4,7-10,13-14H,5-6,11-12,15H2,1-2H3,(H,24,27). The lowest BCUT2D eigenvalue weighted by atomic mass is 10.1. The number of amides is 1. The quantitative estimate of drug-likeness (QED) is 0.752. The molecule has 0 bridgehead atoms. The van der Waals surface area contributed by atoms with Crippen molar-refractivity contribution in [1.82, 2.24) is 10.3 Å². The Kier molecular flexibility index (Phi) is 4.80. The first-order valence-corrected chi connectivity index (χ1v) is 9.61. The van der Waals surface area contributed by atoms with Crippen LogP contribution in [0.25, 0.3) is 10.9 Å². The van der Waals surface area contributed by atoms with Crippen LogP contribution < -0.4 is 10.2 Å². The fourth-order valence-corrected chi connectivity index (χ4v) is 3.82. The second kappa shape index (κ2) is 7.39. The lowest BCUT2D eigenvalue weighted by Gasteiger charge is -2.21. The molecule has 4 heteroatoms. The van der Waals surface area contributed by atoms with E-state index in [2.05, 4.69) is 39.5 Å². The summed E-state index contributed by atoms with van der Waals surface area (Å²) < 4.78 is 0. The molecule has 27 heavy (non-hydrogen) atoms. The molecule has 1 N–H and O–H groups in total. The van der Waals surface area contributed by atoms with E-state index in [1.54, 1.807) is 0 Å². The maximum absolute atomic E-state index is 12.8. The van der Waals surface area contributed by atoms with Gasteiger partial charge in [0.25, 0.3) is 5.91 Å². The Bertz CT molecular complexity index is 990. The molecule has 1 aromatic heterocycles. The van der Waals surface area contributed by atoms with Crippen LogP contribution in [-0.2, 0) is 6.54 Å². The number of pyridine rings is 1. The Balaban J connectivity index is 1.55. The Morgan fingerprint density at radius 1 is 1.07 bits per heavy atom. The Morgan fingerprint density at radius 2 is 1.85 bits per heavy atom. The number of anilines is 1. The van der Waals surface area contributed by atoms with E-state index in [0.29, 0.717) is 12.1 Å². The first-order chi connectivity index (χ1) is 13.1. The maximum Gasteiger partial charge on any atom is 0.253 e. The number of carbonyl (C=O) groups excluding carboxylic acids is 1. The van der Waals surface area contributed by atoms with Crippen LogP contribution in [-0.4, -0.2) is 24.0 Å². The molecule has 1 aliphatic rings. The molecule has 3 aromatic rings. The third-order valence-electron chi connectivity index (χ3n) is 5.28. The molecule has 2 heterocycles. The highest BCUT2D eigenvalue weighted by Crippen LogP contribution is 2.24. The summed E-state index contributed by atoms with van der Waals surface area (Å²) in [7, 11) is 0. The molecule has 1 aliphatic heterocycles. The lowest BCUT2D eigenvalue weighted by Crippen LogP contribution is -2.26. The van der Waals surface area contributed by atoms with E-state index in [1.165, 1.54) is 24.1 Å². The molecule has 4 nitrogen and oxygen atoms in total. The lowest BCUT2D eigenvalue weighted by molar-refractivity contribution is 0.0950. The van der Waals surface area contributed by atoms with Crippen LogP contribution in [0.4, 0.5) is 5.69 Å². The number of nitrogens with one attached hydrogen (secondary N) is 1. The van der Waals surface area contributed by atoms with Crippen LogP contribution in [0.1, 0.15) is 40.0 Å². The first kappa shape index (κ1) is 17.5. The normalized spacial score (nSPS) is 13.9. The monoisotopic (exact) mass is 359 g/mol. The molecule has 1 fully saturated rings. The number of para-hydroxylation sites is 1. The number of rotatable bonds is 4. The molecule has 0 unspecified atom stereocenters. The van der Waals surface area contributed by atoms with Gasteiger partial charge in [-0.15, -0.1) is 0 Å². The van der Waals surface area contributed by atoms with Gasteiger partial charge in [0.15, 0.2) is 0 Å². The van der Waals surface area contributed by atoms with Gasteiger partial charge in [-0.1, -0.05) is 29.8 Å². The van der Waals surface area contributed by atoms with Crippen molar-refractivity contribution in [3.8, 4) is 0 Å². The predicted octanol–water partition coefficient (Wildman–Crippen LogP) is 4.38. The summed E-state index contributed by atoms with van der Waals surface area (Å²) in [6, 6.07) is 16.4. The third-order valence-corrected chi connectivity index (χ3v) is 5.28. The average Bonchev–Trinajstić information content (AvgIpc) is 3.21. The zero-order valence-corrected chi connectivity index (χ0v) is 16.0. The minimum atomic E-state index is -0.0698. The van der Waals surface area contributed by atoms with Crippen molar-refractivity contribution in [2.45, 2.75) is 33.2 Å². The Morgan fingerprint density at radius 3 is 2.67 bits per heavy atom. The van der Waals surface area contributed by atoms with Gasteiger partial charge in [0.2, 0.25) is 0 Å². The molecule has 1 amide bonds. The van der Waals surface area contributed by atoms with E-state index in [4.69, 9.17) is 0 Å². The first-order valence-electron chi connectivity index (χ1n) is 9.61. The highest BCUT2D eigenvalue weighted by molar-refractivity contribution is 5.98. The van der Waals surface area contributed by atoms with Crippen LogP contribution in [0.15, 0.2) is 48.5 Å². The molecule has 0 aliphatic carbocycles. The van der Waals surface area contributed by atoms with Crippen molar-refractivity contribution in [1.29, 1.82) is 0 Å². The molecule has 0 spiro atoms. The van der Waals surface area contributed by atoms with Gasteiger partial charge in [-0.25, -0.2) is 0 Å². The third kappa shape index (κ3) is 3.65. The topological polar surface area (TPSA) is 45.2 Å².